The van der Waals surface area contributed by atoms with Crippen LogP contribution >= 0.6 is 0 Å². The number of nitrogens with zero attached hydrogens (tertiary/aromatic N) is 2. The van der Waals surface area contributed by atoms with Crippen molar-refractivity contribution in [3.8, 4) is 11.6 Å². The summed E-state index contributed by atoms with van der Waals surface area (Å²) in [6, 6.07) is 10.3. The van der Waals surface area contributed by atoms with Gasteiger partial charge in [0.25, 0.3) is 5.91 Å². The minimum absolute atomic E-state index is 0.0530. The Labute approximate surface area is 179 Å². The minimum atomic E-state index is -4.44. The number of methoxy groups -OCH3 is 1. The summed E-state index contributed by atoms with van der Waals surface area (Å²) in [5, 5.41) is 2.92. The predicted octanol–water partition coefficient (Wildman–Crippen LogP) is 3.99. The molecule has 1 aromatic heterocycles. The van der Waals surface area contributed by atoms with Gasteiger partial charge in [-0.3, -0.25) is 9.69 Å². The third-order valence-corrected chi connectivity index (χ3v) is 5.17. The van der Waals surface area contributed by atoms with E-state index in [1.807, 2.05) is 24.3 Å². The van der Waals surface area contributed by atoms with E-state index in [2.05, 4.69) is 19.9 Å². The molecule has 1 N–H and O–H groups in total. The lowest BCUT2D eigenvalue weighted by Crippen LogP contribution is -2.40. The standard InChI is InChI=1S/C22H26F3N3O3/c1-30-19-8-4-3-7-17(19)18(28-11-5-2-6-12-28)14-27-21(29)16-9-10-20(26-13-16)31-15-22(23,24)25/h3-4,7-10,13,18H,2,5-6,11-12,14-15H2,1H3,(H,27,29). The van der Waals surface area contributed by atoms with Crippen molar-refractivity contribution in [1.29, 1.82) is 0 Å². The zero-order chi connectivity index (χ0) is 22.3. The zero-order valence-electron chi connectivity index (χ0n) is 17.3. The number of ether oxygens (including phenoxy) is 2. The van der Waals surface area contributed by atoms with Gasteiger partial charge in [-0.1, -0.05) is 24.6 Å². The van der Waals surface area contributed by atoms with Gasteiger partial charge in [0.1, 0.15) is 5.75 Å². The summed E-state index contributed by atoms with van der Waals surface area (Å²) in [5.74, 6) is 0.223. The Morgan fingerprint density at radius 1 is 1.16 bits per heavy atom. The number of likely N-dealkylation sites (tertiary alicyclic amines) is 1. The van der Waals surface area contributed by atoms with Crippen molar-refractivity contribution in [2.45, 2.75) is 31.5 Å². The maximum Gasteiger partial charge on any atom is 0.422 e. The van der Waals surface area contributed by atoms with Crippen LogP contribution in [0.4, 0.5) is 13.2 Å². The normalized spacial score (nSPS) is 15.9. The molecular formula is C22H26F3N3O3. The number of rotatable bonds is 8. The van der Waals surface area contributed by atoms with Crippen molar-refractivity contribution in [2.24, 2.45) is 0 Å². The number of alkyl halides is 3. The number of carbonyl (C=O) groups is 1. The van der Waals surface area contributed by atoms with Crippen molar-refractivity contribution in [1.82, 2.24) is 15.2 Å². The summed E-state index contributed by atoms with van der Waals surface area (Å²) in [7, 11) is 1.62. The molecule has 1 amide bonds. The molecule has 1 aliphatic rings. The Hall–Kier alpha value is -2.81. The van der Waals surface area contributed by atoms with Gasteiger partial charge in [0.15, 0.2) is 6.61 Å². The van der Waals surface area contributed by atoms with Gasteiger partial charge in [-0.2, -0.15) is 13.2 Å². The Morgan fingerprint density at radius 3 is 2.55 bits per heavy atom. The number of pyridine rings is 1. The second kappa shape index (κ2) is 10.5. The lowest BCUT2D eigenvalue weighted by atomic mass is 10.0. The molecule has 1 aromatic carbocycles. The summed E-state index contributed by atoms with van der Waals surface area (Å²) < 4.78 is 46.8. The lowest BCUT2D eigenvalue weighted by molar-refractivity contribution is -0.154. The first kappa shape index (κ1) is 22.9. The highest BCUT2D eigenvalue weighted by Gasteiger charge is 2.29. The van der Waals surface area contributed by atoms with E-state index in [1.54, 1.807) is 7.11 Å². The second-order valence-electron chi connectivity index (χ2n) is 7.35. The molecule has 3 rings (SSSR count). The van der Waals surface area contributed by atoms with Crippen LogP contribution in [0.3, 0.4) is 0 Å². The molecule has 1 fully saturated rings. The largest absolute Gasteiger partial charge is 0.496 e. The quantitative estimate of drug-likeness (QED) is 0.677. The summed E-state index contributed by atoms with van der Waals surface area (Å²) in [4.78, 5) is 18.8. The number of amides is 1. The van der Waals surface area contributed by atoms with Gasteiger partial charge in [-0.05, 0) is 38.1 Å². The highest BCUT2D eigenvalue weighted by molar-refractivity contribution is 5.93. The minimum Gasteiger partial charge on any atom is -0.496 e. The molecule has 0 aliphatic carbocycles. The third kappa shape index (κ3) is 6.58. The molecule has 9 heteroatoms. The van der Waals surface area contributed by atoms with Crippen LogP contribution < -0.4 is 14.8 Å². The topological polar surface area (TPSA) is 63.7 Å². The van der Waals surface area contributed by atoms with Crippen molar-refractivity contribution in [3.63, 3.8) is 0 Å². The van der Waals surface area contributed by atoms with Crippen LogP contribution in [-0.4, -0.2) is 55.3 Å². The van der Waals surface area contributed by atoms with Crippen molar-refractivity contribution >= 4 is 5.91 Å². The summed E-state index contributed by atoms with van der Waals surface area (Å²) in [6.07, 6.45) is 0.154. The molecule has 0 bridgehead atoms. The van der Waals surface area contributed by atoms with E-state index in [4.69, 9.17) is 4.74 Å². The molecule has 1 unspecified atom stereocenters. The highest BCUT2D eigenvalue weighted by atomic mass is 19.4. The molecule has 1 aliphatic heterocycles. The number of aromatic nitrogens is 1. The van der Waals surface area contributed by atoms with E-state index >= 15 is 0 Å². The fourth-order valence-corrected chi connectivity index (χ4v) is 3.65. The Bertz CT molecular complexity index is 853. The monoisotopic (exact) mass is 437 g/mol. The Balaban J connectivity index is 1.67. The summed E-state index contributed by atoms with van der Waals surface area (Å²) >= 11 is 0. The number of halogens is 3. The average Bonchev–Trinajstić information content (AvgIpc) is 2.78. The average molecular weight is 437 g/mol. The van der Waals surface area contributed by atoms with E-state index in [0.717, 1.165) is 37.2 Å². The van der Waals surface area contributed by atoms with E-state index in [1.165, 1.54) is 24.8 Å². The van der Waals surface area contributed by atoms with Crippen LogP contribution in [0.25, 0.3) is 0 Å². The van der Waals surface area contributed by atoms with Crippen LogP contribution in [0.1, 0.15) is 41.2 Å². The summed E-state index contributed by atoms with van der Waals surface area (Å²) in [5.41, 5.74) is 1.25. The van der Waals surface area contributed by atoms with Crippen LogP contribution in [0.15, 0.2) is 42.6 Å². The molecule has 168 valence electrons. The molecule has 1 saturated heterocycles. The maximum absolute atomic E-state index is 12.6. The first-order valence-corrected chi connectivity index (χ1v) is 10.2. The number of hydrogen-bond donors (Lipinski definition) is 1. The Kier molecular flexibility index (Phi) is 7.73. The second-order valence-corrected chi connectivity index (χ2v) is 7.35. The molecular weight excluding hydrogens is 411 g/mol. The van der Waals surface area contributed by atoms with Gasteiger partial charge >= 0.3 is 6.18 Å². The predicted molar refractivity (Wildman–Crippen MR) is 109 cm³/mol. The number of benzene rings is 1. The van der Waals surface area contributed by atoms with Crippen LogP contribution in [0, 0.1) is 0 Å². The molecule has 1 atom stereocenters. The molecule has 31 heavy (non-hydrogen) atoms. The van der Waals surface area contributed by atoms with Gasteiger partial charge in [0, 0.05) is 24.4 Å². The molecule has 0 saturated carbocycles. The van der Waals surface area contributed by atoms with E-state index in [-0.39, 0.29) is 23.4 Å². The van der Waals surface area contributed by atoms with Crippen molar-refractivity contribution in [3.05, 3.63) is 53.7 Å². The number of nitrogens with one attached hydrogen (secondary N) is 1. The fourth-order valence-electron chi connectivity index (χ4n) is 3.65. The number of carbonyl (C=O) groups excluding carboxylic acids is 1. The number of piperidine rings is 1. The Morgan fingerprint density at radius 2 is 1.90 bits per heavy atom. The number of para-hydroxylation sites is 1. The zero-order valence-corrected chi connectivity index (χ0v) is 17.3. The van der Waals surface area contributed by atoms with Crippen LogP contribution in [0.2, 0.25) is 0 Å². The fraction of sp³-hybridized carbons (Fsp3) is 0.455. The molecule has 2 aromatic rings. The smallest absolute Gasteiger partial charge is 0.422 e. The SMILES string of the molecule is COc1ccccc1C(CNC(=O)c1ccc(OCC(F)(F)F)nc1)N1CCCCC1. The number of hydrogen-bond acceptors (Lipinski definition) is 5. The van der Waals surface area contributed by atoms with Gasteiger partial charge in [0.2, 0.25) is 5.88 Å². The molecule has 6 nitrogen and oxygen atoms in total. The van der Waals surface area contributed by atoms with Gasteiger partial charge in [-0.15, -0.1) is 0 Å². The van der Waals surface area contributed by atoms with Gasteiger partial charge in [-0.25, -0.2) is 4.98 Å². The molecule has 0 radical (unpaired) electrons. The first-order valence-electron chi connectivity index (χ1n) is 10.2. The van der Waals surface area contributed by atoms with Crippen LogP contribution in [-0.2, 0) is 0 Å². The van der Waals surface area contributed by atoms with Crippen molar-refractivity contribution in [2.75, 3.05) is 33.4 Å². The lowest BCUT2D eigenvalue weighted by Gasteiger charge is -2.35. The highest BCUT2D eigenvalue weighted by Crippen LogP contribution is 2.31. The molecule has 2 heterocycles. The first-order chi connectivity index (χ1) is 14.9. The van der Waals surface area contributed by atoms with Crippen LogP contribution in [0.5, 0.6) is 11.6 Å². The van der Waals surface area contributed by atoms with E-state index in [9.17, 15) is 18.0 Å². The molecule has 0 spiro atoms. The third-order valence-electron chi connectivity index (χ3n) is 5.17. The van der Waals surface area contributed by atoms with Gasteiger partial charge in [0.05, 0.1) is 18.7 Å². The van der Waals surface area contributed by atoms with E-state index < -0.39 is 12.8 Å². The van der Waals surface area contributed by atoms with Gasteiger partial charge < -0.3 is 14.8 Å². The van der Waals surface area contributed by atoms with Crippen molar-refractivity contribution < 1.29 is 27.4 Å². The maximum atomic E-state index is 12.6. The summed E-state index contributed by atoms with van der Waals surface area (Å²) in [6.45, 7) is 0.810. The van der Waals surface area contributed by atoms with E-state index in [0.29, 0.717) is 6.54 Å².